The van der Waals surface area contributed by atoms with Crippen LogP contribution in [0.2, 0.25) is 5.02 Å². The van der Waals surface area contributed by atoms with E-state index in [0.29, 0.717) is 6.04 Å². The van der Waals surface area contributed by atoms with Crippen molar-refractivity contribution in [1.82, 2.24) is 4.90 Å². The van der Waals surface area contributed by atoms with Gasteiger partial charge in [0.15, 0.2) is 0 Å². The molecule has 2 N–H and O–H groups in total. The second-order valence-corrected chi connectivity index (χ2v) is 7.52. The molecule has 2 heterocycles. The van der Waals surface area contributed by atoms with E-state index in [1.807, 2.05) is 12.1 Å². The summed E-state index contributed by atoms with van der Waals surface area (Å²) in [6.45, 7) is 5.14. The van der Waals surface area contributed by atoms with Crippen molar-refractivity contribution in [2.45, 2.75) is 12.5 Å². The molecule has 5 heteroatoms. The standard InChI is InChI=1S/C16H24ClN3S/c17-14-2-1-3-15(10-14)19-5-7-20(8-6-19)16(11-18)13-4-9-21-12-13/h1-3,10,13,16H,4-9,11-12,18H2. The zero-order valence-electron chi connectivity index (χ0n) is 12.4. The largest absolute Gasteiger partial charge is 0.369 e. The maximum atomic E-state index is 6.10. The number of nitrogens with zero attached hydrogens (tertiary/aromatic N) is 2. The predicted octanol–water partition coefficient (Wildman–Crippen LogP) is 2.54. The SMILES string of the molecule is NCC(C1CCSC1)N1CCN(c2cccc(Cl)c2)CC1. The zero-order chi connectivity index (χ0) is 14.7. The predicted molar refractivity (Wildman–Crippen MR) is 93.5 cm³/mol. The van der Waals surface area contributed by atoms with Crippen LogP contribution in [0.1, 0.15) is 6.42 Å². The van der Waals surface area contributed by atoms with Crippen molar-refractivity contribution in [2.24, 2.45) is 11.7 Å². The van der Waals surface area contributed by atoms with Crippen molar-refractivity contribution >= 4 is 29.1 Å². The summed E-state index contributed by atoms with van der Waals surface area (Å²) in [7, 11) is 0. The maximum Gasteiger partial charge on any atom is 0.0426 e. The Morgan fingerprint density at radius 3 is 2.71 bits per heavy atom. The first-order valence-corrected chi connectivity index (χ1v) is 9.33. The summed E-state index contributed by atoms with van der Waals surface area (Å²) < 4.78 is 0. The van der Waals surface area contributed by atoms with Crippen LogP contribution in [0.15, 0.2) is 24.3 Å². The van der Waals surface area contributed by atoms with Crippen LogP contribution >= 0.6 is 23.4 Å². The van der Waals surface area contributed by atoms with Gasteiger partial charge in [-0.25, -0.2) is 0 Å². The number of anilines is 1. The summed E-state index contributed by atoms with van der Waals surface area (Å²) in [5.74, 6) is 3.39. The average molecular weight is 326 g/mol. The Morgan fingerprint density at radius 1 is 1.29 bits per heavy atom. The van der Waals surface area contributed by atoms with Gasteiger partial charge in [-0.1, -0.05) is 17.7 Å². The fourth-order valence-corrected chi connectivity index (χ4v) is 4.99. The van der Waals surface area contributed by atoms with E-state index >= 15 is 0 Å². The minimum absolute atomic E-state index is 0.571. The highest BCUT2D eigenvalue weighted by atomic mass is 35.5. The lowest BCUT2D eigenvalue weighted by atomic mass is 9.97. The molecule has 1 aromatic carbocycles. The second-order valence-electron chi connectivity index (χ2n) is 5.93. The van der Waals surface area contributed by atoms with E-state index in [0.717, 1.165) is 43.7 Å². The molecule has 0 bridgehead atoms. The first kappa shape index (κ1) is 15.5. The Morgan fingerprint density at radius 2 is 2.10 bits per heavy atom. The van der Waals surface area contributed by atoms with Crippen LogP contribution in [0.25, 0.3) is 0 Å². The molecule has 2 aliphatic heterocycles. The van der Waals surface area contributed by atoms with Gasteiger partial charge >= 0.3 is 0 Å². The van der Waals surface area contributed by atoms with Crippen molar-refractivity contribution in [3.63, 3.8) is 0 Å². The molecule has 2 saturated heterocycles. The molecule has 116 valence electrons. The van der Waals surface area contributed by atoms with E-state index < -0.39 is 0 Å². The fourth-order valence-electron chi connectivity index (χ4n) is 3.48. The van der Waals surface area contributed by atoms with Crippen molar-refractivity contribution in [2.75, 3.05) is 49.1 Å². The van der Waals surface area contributed by atoms with Crippen LogP contribution < -0.4 is 10.6 Å². The van der Waals surface area contributed by atoms with E-state index in [2.05, 4.69) is 33.7 Å². The number of hydrogen-bond acceptors (Lipinski definition) is 4. The number of hydrogen-bond donors (Lipinski definition) is 1. The molecule has 0 saturated carbocycles. The topological polar surface area (TPSA) is 32.5 Å². The molecular formula is C16H24ClN3S. The Labute approximate surface area is 136 Å². The van der Waals surface area contributed by atoms with Crippen molar-refractivity contribution in [3.05, 3.63) is 29.3 Å². The van der Waals surface area contributed by atoms with E-state index in [9.17, 15) is 0 Å². The lowest BCUT2D eigenvalue weighted by Gasteiger charge is -2.41. The number of halogens is 1. The lowest BCUT2D eigenvalue weighted by molar-refractivity contribution is 0.146. The lowest BCUT2D eigenvalue weighted by Crippen LogP contribution is -2.54. The van der Waals surface area contributed by atoms with Crippen LogP contribution in [0.5, 0.6) is 0 Å². The van der Waals surface area contributed by atoms with E-state index in [1.165, 1.54) is 23.6 Å². The molecule has 2 aliphatic rings. The molecule has 0 aromatic heterocycles. The monoisotopic (exact) mass is 325 g/mol. The van der Waals surface area contributed by atoms with Crippen molar-refractivity contribution in [3.8, 4) is 0 Å². The molecule has 21 heavy (non-hydrogen) atoms. The quantitative estimate of drug-likeness (QED) is 0.922. The number of rotatable bonds is 4. The third-order valence-corrected chi connectivity index (χ3v) is 6.13. The third kappa shape index (κ3) is 3.67. The molecule has 3 rings (SSSR count). The summed E-state index contributed by atoms with van der Waals surface area (Å²) in [6, 6.07) is 8.74. The van der Waals surface area contributed by atoms with Gasteiger partial charge in [0.05, 0.1) is 0 Å². The van der Waals surface area contributed by atoms with Gasteiger partial charge in [0.25, 0.3) is 0 Å². The first-order chi connectivity index (χ1) is 10.3. The summed E-state index contributed by atoms with van der Waals surface area (Å²) >= 11 is 8.18. The maximum absolute atomic E-state index is 6.10. The first-order valence-electron chi connectivity index (χ1n) is 7.80. The van der Waals surface area contributed by atoms with Crippen LogP contribution in [0.3, 0.4) is 0 Å². The smallest absolute Gasteiger partial charge is 0.0426 e. The molecule has 1 aromatic rings. The molecule has 0 aliphatic carbocycles. The van der Waals surface area contributed by atoms with Crippen molar-refractivity contribution < 1.29 is 0 Å². The van der Waals surface area contributed by atoms with Gasteiger partial charge in [-0.2, -0.15) is 11.8 Å². The summed E-state index contributed by atoms with van der Waals surface area (Å²) in [4.78, 5) is 5.04. The Hall–Kier alpha value is -0.420. The van der Waals surface area contributed by atoms with Gasteiger partial charge in [-0.05, 0) is 42.0 Å². The van der Waals surface area contributed by atoms with Gasteiger partial charge < -0.3 is 10.6 Å². The molecule has 0 spiro atoms. The highest BCUT2D eigenvalue weighted by Crippen LogP contribution is 2.29. The van der Waals surface area contributed by atoms with E-state index in [-0.39, 0.29) is 0 Å². The summed E-state index contributed by atoms with van der Waals surface area (Å²) in [5, 5.41) is 0.817. The Balaban J connectivity index is 1.59. The minimum Gasteiger partial charge on any atom is -0.369 e. The van der Waals surface area contributed by atoms with Crippen LogP contribution in [0, 0.1) is 5.92 Å². The molecule has 2 unspecified atom stereocenters. The molecular weight excluding hydrogens is 302 g/mol. The van der Waals surface area contributed by atoms with Gasteiger partial charge in [0.2, 0.25) is 0 Å². The molecule has 0 radical (unpaired) electrons. The van der Waals surface area contributed by atoms with Crippen LogP contribution in [-0.4, -0.2) is 55.2 Å². The minimum atomic E-state index is 0.571. The summed E-state index contributed by atoms with van der Waals surface area (Å²) in [5.41, 5.74) is 7.31. The third-order valence-electron chi connectivity index (χ3n) is 4.71. The second kappa shape index (κ2) is 7.23. The van der Waals surface area contributed by atoms with E-state index in [1.54, 1.807) is 0 Å². The van der Waals surface area contributed by atoms with E-state index in [4.69, 9.17) is 17.3 Å². The van der Waals surface area contributed by atoms with Crippen LogP contribution in [0.4, 0.5) is 5.69 Å². The highest BCUT2D eigenvalue weighted by Gasteiger charge is 2.31. The fraction of sp³-hybridized carbons (Fsp3) is 0.625. The average Bonchev–Trinajstić information content (AvgIpc) is 3.03. The van der Waals surface area contributed by atoms with Gasteiger partial charge in [-0.15, -0.1) is 0 Å². The Kier molecular flexibility index (Phi) is 5.33. The van der Waals surface area contributed by atoms with Crippen LogP contribution in [-0.2, 0) is 0 Å². The van der Waals surface area contributed by atoms with Gasteiger partial charge in [0.1, 0.15) is 0 Å². The molecule has 0 amide bonds. The number of benzene rings is 1. The van der Waals surface area contributed by atoms with Crippen molar-refractivity contribution in [1.29, 1.82) is 0 Å². The summed E-state index contributed by atoms with van der Waals surface area (Å²) in [6.07, 6.45) is 1.33. The van der Waals surface area contributed by atoms with Gasteiger partial charge in [-0.3, -0.25) is 4.90 Å². The van der Waals surface area contributed by atoms with Gasteiger partial charge in [0, 0.05) is 49.5 Å². The molecule has 3 nitrogen and oxygen atoms in total. The number of nitrogens with two attached hydrogens (primary N) is 1. The Bertz CT molecular complexity index is 457. The number of piperazine rings is 1. The zero-order valence-corrected chi connectivity index (χ0v) is 14.0. The number of thioether (sulfide) groups is 1. The highest BCUT2D eigenvalue weighted by molar-refractivity contribution is 7.99. The molecule has 2 atom stereocenters. The normalized spacial score (nSPS) is 25.2. The molecule has 2 fully saturated rings.